The van der Waals surface area contributed by atoms with E-state index in [2.05, 4.69) is 4.57 Å². The maximum Gasteiger partial charge on any atom is 0.270 e. The lowest BCUT2D eigenvalue weighted by atomic mass is 10.1. The Hall–Kier alpha value is -3.75. The predicted molar refractivity (Wildman–Crippen MR) is 136 cm³/mol. The molecule has 162 valence electrons. The van der Waals surface area contributed by atoms with Crippen LogP contribution < -0.4 is 4.90 Å². The van der Waals surface area contributed by atoms with E-state index in [0.717, 1.165) is 27.7 Å². The van der Waals surface area contributed by atoms with Crippen molar-refractivity contribution < 1.29 is 9.72 Å². The highest BCUT2D eigenvalue weighted by atomic mass is 32.2. The lowest BCUT2D eigenvalue weighted by molar-refractivity contribution is -0.384. The molecule has 1 aliphatic heterocycles. The largest absolute Gasteiger partial charge is 0.342 e. The maximum atomic E-state index is 13.1. The Bertz CT molecular complexity index is 1430. The number of rotatable bonds is 5. The highest BCUT2D eigenvalue weighted by molar-refractivity contribution is 8.27. The van der Waals surface area contributed by atoms with Crippen LogP contribution in [0.25, 0.3) is 17.0 Å². The second kappa shape index (κ2) is 8.65. The van der Waals surface area contributed by atoms with Gasteiger partial charge in [0.25, 0.3) is 11.6 Å². The van der Waals surface area contributed by atoms with Crippen molar-refractivity contribution in [2.45, 2.75) is 6.54 Å². The molecule has 33 heavy (non-hydrogen) atoms. The molecule has 1 fully saturated rings. The normalized spacial score (nSPS) is 15.0. The van der Waals surface area contributed by atoms with Gasteiger partial charge in [-0.15, -0.1) is 0 Å². The summed E-state index contributed by atoms with van der Waals surface area (Å²) in [6.07, 6.45) is 3.89. The minimum atomic E-state index is -0.404. The van der Waals surface area contributed by atoms with E-state index < -0.39 is 4.92 Å². The molecule has 2 heterocycles. The number of para-hydroxylation sites is 2. The molecule has 0 bridgehead atoms. The summed E-state index contributed by atoms with van der Waals surface area (Å²) >= 11 is 6.78. The molecule has 1 saturated heterocycles. The van der Waals surface area contributed by atoms with E-state index in [0.29, 0.717) is 15.8 Å². The zero-order valence-corrected chi connectivity index (χ0v) is 18.9. The van der Waals surface area contributed by atoms with Crippen LogP contribution >= 0.6 is 24.0 Å². The number of nitrogens with zero attached hydrogens (tertiary/aromatic N) is 3. The Morgan fingerprint density at radius 3 is 2.39 bits per heavy atom. The molecule has 0 unspecified atom stereocenters. The third kappa shape index (κ3) is 4.06. The average Bonchev–Trinajstić information content (AvgIpc) is 3.31. The zero-order valence-electron chi connectivity index (χ0n) is 17.3. The van der Waals surface area contributed by atoms with Crippen molar-refractivity contribution in [2.75, 3.05) is 4.90 Å². The van der Waals surface area contributed by atoms with Gasteiger partial charge in [-0.05, 0) is 29.8 Å². The Morgan fingerprint density at radius 1 is 0.970 bits per heavy atom. The summed E-state index contributed by atoms with van der Waals surface area (Å²) in [5.74, 6) is -0.136. The van der Waals surface area contributed by atoms with Gasteiger partial charge in [0, 0.05) is 41.3 Å². The minimum absolute atomic E-state index is 0.0669. The van der Waals surface area contributed by atoms with E-state index >= 15 is 0 Å². The zero-order chi connectivity index (χ0) is 22.9. The molecule has 6 nitrogen and oxygen atoms in total. The monoisotopic (exact) mass is 471 g/mol. The molecule has 0 aliphatic carbocycles. The van der Waals surface area contributed by atoms with Gasteiger partial charge in [0.1, 0.15) is 0 Å². The predicted octanol–water partition coefficient (Wildman–Crippen LogP) is 6.00. The number of nitro benzene ring substituents is 1. The van der Waals surface area contributed by atoms with Crippen molar-refractivity contribution >= 4 is 62.6 Å². The van der Waals surface area contributed by atoms with Crippen LogP contribution in [0.3, 0.4) is 0 Å². The van der Waals surface area contributed by atoms with Gasteiger partial charge in [0.2, 0.25) is 0 Å². The summed E-state index contributed by atoms with van der Waals surface area (Å²) in [7, 11) is 0. The number of carbonyl (C=O) groups is 1. The Kier molecular flexibility index (Phi) is 5.53. The van der Waals surface area contributed by atoms with Crippen molar-refractivity contribution in [3.8, 4) is 0 Å². The summed E-state index contributed by atoms with van der Waals surface area (Å²) in [5, 5.41) is 11.9. The second-order valence-corrected chi connectivity index (χ2v) is 9.18. The van der Waals surface area contributed by atoms with Crippen molar-refractivity contribution in [2.24, 2.45) is 0 Å². The van der Waals surface area contributed by atoms with E-state index in [1.165, 1.54) is 23.9 Å². The molecule has 1 aromatic heterocycles. The molecule has 3 aromatic carbocycles. The number of thiocarbonyl (C=S) groups is 1. The van der Waals surface area contributed by atoms with Crippen molar-refractivity contribution in [1.82, 2.24) is 4.57 Å². The molecule has 0 spiro atoms. The van der Waals surface area contributed by atoms with E-state index in [4.69, 9.17) is 12.2 Å². The van der Waals surface area contributed by atoms with Gasteiger partial charge in [0.15, 0.2) is 4.32 Å². The summed E-state index contributed by atoms with van der Waals surface area (Å²) in [4.78, 5) is 25.8. The number of anilines is 1. The topological polar surface area (TPSA) is 68.4 Å². The first-order valence-electron chi connectivity index (χ1n) is 10.2. The Labute approximate surface area is 199 Å². The Morgan fingerprint density at radius 2 is 1.67 bits per heavy atom. The average molecular weight is 472 g/mol. The van der Waals surface area contributed by atoms with Crippen LogP contribution in [0, 0.1) is 10.1 Å². The summed E-state index contributed by atoms with van der Waals surface area (Å²) in [6, 6.07) is 23.9. The van der Waals surface area contributed by atoms with Crippen LogP contribution in [0.2, 0.25) is 0 Å². The fraction of sp³-hybridized carbons (Fsp3) is 0.0400. The number of benzene rings is 3. The van der Waals surface area contributed by atoms with Crippen molar-refractivity contribution in [3.05, 3.63) is 111 Å². The first-order chi connectivity index (χ1) is 16.0. The summed E-state index contributed by atoms with van der Waals surface area (Å²) in [5.41, 5.74) is 3.70. The third-order valence-corrected chi connectivity index (χ3v) is 6.72. The number of thioether (sulfide) groups is 1. The van der Waals surface area contributed by atoms with Crippen LogP contribution in [-0.4, -0.2) is 19.7 Å². The molecule has 0 radical (unpaired) electrons. The van der Waals surface area contributed by atoms with E-state index in [-0.39, 0.29) is 11.6 Å². The van der Waals surface area contributed by atoms with Gasteiger partial charge in [-0.1, -0.05) is 72.5 Å². The minimum Gasteiger partial charge on any atom is -0.342 e. The molecule has 0 saturated carbocycles. The van der Waals surface area contributed by atoms with Gasteiger partial charge >= 0.3 is 0 Å². The van der Waals surface area contributed by atoms with Gasteiger partial charge in [-0.2, -0.15) is 0 Å². The number of aromatic nitrogens is 1. The second-order valence-electron chi connectivity index (χ2n) is 7.51. The number of hydrogen-bond acceptors (Lipinski definition) is 5. The molecule has 1 amide bonds. The number of carbonyl (C=O) groups excluding carboxylic acids is 1. The third-order valence-electron chi connectivity index (χ3n) is 5.41. The number of amides is 1. The summed E-state index contributed by atoms with van der Waals surface area (Å²) in [6.45, 7) is 0.553. The standard InChI is InChI=1S/C25H17N3O3S2/c29-24-23(33-25(32)27(24)19-6-2-1-3-7-19)14-18-16-26(22-9-5-4-8-21(18)22)15-17-10-12-20(13-11-17)28(30)31/h1-14,16H,15H2/b23-14+. The molecular formula is C25H17N3O3S2. The van der Waals surface area contributed by atoms with Crippen LogP contribution in [0.1, 0.15) is 11.1 Å². The first kappa shape index (κ1) is 21.1. The number of non-ortho nitro benzene ring substituents is 1. The number of fused-ring (bicyclic) bond motifs is 1. The molecule has 0 atom stereocenters. The van der Waals surface area contributed by atoms with E-state index in [1.807, 2.05) is 66.9 Å². The molecule has 8 heteroatoms. The first-order valence-corrected chi connectivity index (χ1v) is 11.4. The van der Waals surface area contributed by atoms with E-state index in [9.17, 15) is 14.9 Å². The fourth-order valence-electron chi connectivity index (χ4n) is 3.85. The number of nitro groups is 1. The van der Waals surface area contributed by atoms with Gasteiger partial charge < -0.3 is 4.57 Å². The fourth-order valence-corrected chi connectivity index (χ4v) is 5.14. The molecule has 5 rings (SSSR count). The van der Waals surface area contributed by atoms with Gasteiger partial charge in [0.05, 0.1) is 15.5 Å². The summed E-state index contributed by atoms with van der Waals surface area (Å²) < 4.78 is 2.59. The molecule has 1 aliphatic rings. The smallest absolute Gasteiger partial charge is 0.270 e. The molecule has 0 N–H and O–H groups in total. The quantitative estimate of drug-likeness (QED) is 0.154. The van der Waals surface area contributed by atoms with Crippen LogP contribution in [0.4, 0.5) is 11.4 Å². The SMILES string of the molecule is O=C1/C(=C\c2cn(Cc3ccc([N+](=O)[O-])cc3)c3ccccc23)SC(=S)N1c1ccccc1. The van der Waals surface area contributed by atoms with Gasteiger partial charge in [-0.25, -0.2) is 0 Å². The van der Waals surface area contributed by atoms with Crippen LogP contribution in [0.15, 0.2) is 90.0 Å². The van der Waals surface area contributed by atoms with Crippen LogP contribution in [-0.2, 0) is 11.3 Å². The van der Waals surface area contributed by atoms with Crippen LogP contribution in [0.5, 0.6) is 0 Å². The highest BCUT2D eigenvalue weighted by Crippen LogP contribution is 2.37. The maximum absolute atomic E-state index is 13.1. The molecule has 4 aromatic rings. The Balaban J connectivity index is 1.49. The van der Waals surface area contributed by atoms with Gasteiger partial charge in [-0.3, -0.25) is 19.8 Å². The highest BCUT2D eigenvalue weighted by Gasteiger charge is 2.33. The lowest BCUT2D eigenvalue weighted by Crippen LogP contribution is -2.27. The van der Waals surface area contributed by atoms with Crippen molar-refractivity contribution in [3.63, 3.8) is 0 Å². The van der Waals surface area contributed by atoms with E-state index in [1.54, 1.807) is 17.0 Å². The molecular weight excluding hydrogens is 454 g/mol. The van der Waals surface area contributed by atoms with Crippen molar-refractivity contribution in [1.29, 1.82) is 0 Å². The number of hydrogen-bond donors (Lipinski definition) is 0. The lowest BCUT2D eigenvalue weighted by Gasteiger charge is -2.13.